The summed E-state index contributed by atoms with van der Waals surface area (Å²) in [6, 6.07) is 0. The number of ether oxygens (including phenoxy) is 4. The van der Waals surface area contributed by atoms with Crippen LogP contribution in [0.15, 0.2) is 0 Å². The standard InChI is InChI=1S/C67H130O17P2/c1-9-60(8)46-38-30-20-16-14-12-10-11-13-15-17-21-31-39-47-64(69)77-53-62(83-66(71)49-41-33-22-18-19-27-35-43-57(2)3)55-81-85(73,74)79-51-61(68)52-80-86(75,76)82-56-63(84-67(72)50-42-34-26-24-29-37-45-59(6)7)54-78-65(70)48-40-32-25-23-28-36-44-58(4)5/h57-63,68H,9-56H2,1-8H3,(H,73,74)(H,75,76)/t60?,61-,62-,63-/m1/s1. The Bertz CT molecular complexity index is 1720. The number of hydrogen-bond donors (Lipinski definition) is 3. The van der Waals surface area contributed by atoms with E-state index in [9.17, 15) is 43.2 Å². The van der Waals surface area contributed by atoms with Crippen molar-refractivity contribution in [3.63, 3.8) is 0 Å². The summed E-state index contributed by atoms with van der Waals surface area (Å²) in [6.07, 6.45) is 38.0. The van der Waals surface area contributed by atoms with Crippen molar-refractivity contribution in [3.05, 3.63) is 0 Å². The molecule has 0 bridgehead atoms. The van der Waals surface area contributed by atoms with Gasteiger partial charge in [0.1, 0.15) is 19.3 Å². The first kappa shape index (κ1) is 84.1. The molecule has 86 heavy (non-hydrogen) atoms. The molecule has 0 heterocycles. The molecule has 0 aliphatic heterocycles. The quantitative estimate of drug-likeness (QED) is 0.0222. The molecule has 0 saturated heterocycles. The molecule has 0 aromatic rings. The van der Waals surface area contributed by atoms with Gasteiger partial charge in [-0.15, -0.1) is 0 Å². The number of esters is 4. The minimum absolute atomic E-state index is 0.100. The molecule has 0 aromatic carbocycles. The van der Waals surface area contributed by atoms with Crippen molar-refractivity contribution in [1.82, 2.24) is 0 Å². The average Bonchev–Trinajstić information content (AvgIpc) is 3.61. The molecule has 0 rings (SSSR count). The van der Waals surface area contributed by atoms with Crippen LogP contribution in [0.4, 0.5) is 0 Å². The molecule has 0 fully saturated rings. The molecule has 0 amide bonds. The summed E-state index contributed by atoms with van der Waals surface area (Å²) in [5.41, 5.74) is 0. The van der Waals surface area contributed by atoms with Crippen molar-refractivity contribution in [3.8, 4) is 0 Å². The minimum Gasteiger partial charge on any atom is -0.462 e. The van der Waals surface area contributed by atoms with Gasteiger partial charge in [-0.05, 0) is 49.4 Å². The molecular formula is C67H130O17P2. The van der Waals surface area contributed by atoms with E-state index in [1.54, 1.807) is 0 Å². The van der Waals surface area contributed by atoms with Crippen molar-refractivity contribution in [2.75, 3.05) is 39.6 Å². The third-order valence-corrected chi connectivity index (χ3v) is 17.6. The van der Waals surface area contributed by atoms with E-state index in [4.69, 9.17) is 37.0 Å². The maximum absolute atomic E-state index is 13.0. The molecule has 0 spiro atoms. The summed E-state index contributed by atoms with van der Waals surface area (Å²) in [5.74, 6) is 0.752. The summed E-state index contributed by atoms with van der Waals surface area (Å²) in [4.78, 5) is 72.2. The molecule has 19 heteroatoms. The summed E-state index contributed by atoms with van der Waals surface area (Å²) < 4.78 is 68.0. The lowest BCUT2D eigenvalue weighted by Gasteiger charge is -2.21. The molecule has 3 unspecified atom stereocenters. The number of carbonyl (C=O) groups is 4. The van der Waals surface area contributed by atoms with Crippen molar-refractivity contribution < 1.29 is 80.2 Å². The lowest BCUT2D eigenvalue weighted by atomic mass is 9.99. The zero-order valence-electron chi connectivity index (χ0n) is 55.9. The summed E-state index contributed by atoms with van der Waals surface area (Å²) in [6.45, 7) is 13.9. The highest BCUT2D eigenvalue weighted by molar-refractivity contribution is 7.47. The Morgan fingerprint density at radius 2 is 0.558 bits per heavy atom. The van der Waals surface area contributed by atoms with Gasteiger partial charge in [-0.3, -0.25) is 37.3 Å². The molecule has 17 nitrogen and oxygen atoms in total. The third-order valence-electron chi connectivity index (χ3n) is 15.7. The number of hydrogen-bond acceptors (Lipinski definition) is 15. The number of phosphoric ester groups is 2. The Morgan fingerprint density at radius 3 is 0.826 bits per heavy atom. The van der Waals surface area contributed by atoms with Crippen LogP contribution >= 0.6 is 15.6 Å². The number of rotatable bonds is 64. The SMILES string of the molecule is CCC(C)CCCCCCCCCCCCCCCCC(=O)OC[C@H](COP(=O)(O)OC[C@@H](O)COP(=O)(O)OC[C@@H](COC(=O)CCCCCCCCC(C)C)OC(=O)CCCCCCCCC(C)C)OC(=O)CCCCCCCCCC(C)C. The van der Waals surface area contributed by atoms with E-state index in [1.165, 1.54) is 122 Å². The van der Waals surface area contributed by atoms with Gasteiger partial charge in [0.25, 0.3) is 0 Å². The van der Waals surface area contributed by atoms with Crippen LogP contribution < -0.4 is 0 Å². The van der Waals surface area contributed by atoms with E-state index in [1.807, 2.05) is 0 Å². The van der Waals surface area contributed by atoms with Crippen LogP contribution in [0.3, 0.4) is 0 Å². The van der Waals surface area contributed by atoms with Crippen LogP contribution in [-0.4, -0.2) is 96.7 Å². The van der Waals surface area contributed by atoms with E-state index in [-0.39, 0.29) is 25.7 Å². The Balaban J connectivity index is 5.16. The average molecular weight is 1270 g/mol. The smallest absolute Gasteiger partial charge is 0.462 e. The topological polar surface area (TPSA) is 237 Å². The van der Waals surface area contributed by atoms with E-state index in [0.717, 1.165) is 102 Å². The van der Waals surface area contributed by atoms with Gasteiger partial charge in [-0.25, -0.2) is 9.13 Å². The van der Waals surface area contributed by atoms with Gasteiger partial charge in [-0.2, -0.15) is 0 Å². The van der Waals surface area contributed by atoms with Gasteiger partial charge >= 0.3 is 39.5 Å². The predicted octanol–water partition coefficient (Wildman–Crippen LogP) is 18.5. The molecule has 0 aromatic heterocycles. The first-order chi connectivity index (χ1) is 41.1. The summed E-state index contributed by atoms with van der Waals surface area (Å²) >= 11 is 0. The highest BCUT2D eigenvalue weighted by Crippen LogP contribution is 2.45. The van der Waals surface area contributed by atoms with E-state index in [2.05, 4.69) is 55.4 Å². The van der Waals surface area contributed by atoms with Crippen LogP contribution in [0, 0.1) is 23.7 Å². The molecule has 510 valence electrons. The summed E-state index contributed by atoms with van der Waals surface area (Å²) in [5, 5.41) is 10.5. The van der Waals surface area contributed by atoms with Crippen LogP contribution in [0.1, 0.15) is 325 Å². The second kappa shape index (κ2) is 57.0. The second-order valence-corrected chi connectivity index (χ2v) is 28.8. The van der Waals surface area contributed by atoms with E-state index in [0.29, 0.717) is 43.4 Å². The maximum Gasteiger partial charge on any atom is 0.472 e. The largest absolute Gasteiger partial charge is 0.472 e. The predicted molar refractivity (Wildman–Crippen MR) is 344 cm³/mol. The van der Waals surface area contributed by atoms with Gasteiger partial charge in [0.15, 0.2) is 12.2 Å². The van der Waals surface area contributed by atoms with Crippen LogP contribution in [0.5, 0.6) is 0 Å². The van der Waals surface area contributed by atoms with Gasteiger partial charge in [0.05, 0.1) is 26.4 Å². The van der Waals surface area contributed by atoms with Crippen LogP contribution in [0.2, 0.25) is 0 Å². The number of phosphoric acid groups is 2. The van der Waals surface area contributed by atoms with Crippen molar-refractivity contribution in [2.24, 2.45) is 23.7 Å². The van der Waals surface area contributed by atoms with Crippen molar-refractivity contribution in [2.45, 2.75) is 343 Å². The zero-order valence-corrected chi connectivity index (χ0v) is 57.7. The fourth-order valence-electron chi connectivity index (χ4n) is 9.93. The number of unbranched alkanes of at least 4 members (excludes halogenated alkanes) is 29. The third kappa shape index (κ3) is 59.7. The fourth-order valence-corrected chi connectivity index (χ4v) is 11.5. The molecule has 0 aliphatic rings. The molecule has 6 atom stereocenters. The molecular weight excluding hydrogens is 1140 g/mol. The second-order valence-electron chi connectivity index (χ2n) is 25.9. The number of carbonyl (C=O) groups excluding carboxylic acids is 4. The fraction of sp³-hybridized carbons (Fsp3) is 0.940. The monoisotopic (exact) mass is 1270 g/mol. The first-order valence-electron chi connectivity index (χ1n) is 34.7. The number of aliphatic hydroxyl groups excluding tert-OH is 1. The molecule has 3 N–H and O–H groups in total. The van der Waals surface area contributed by atoms with Crippen LogP contribution in [-0.2, 0) is 65.4 Å². The Morgan fingerprint density at radius 1 is 0.326 bits per heavy atom. The molecule has 0 aliphatic carbocycles. The molecule has 0 saturated carbocycles. The first-order valence-corrected chi connectivity index (χ1v) is 37.7. The van der Waals surface area contributed by atoms with E-state index < -0.39 is 97.5 Å². The number of aliphatic hydroxyl groups is 1. The van der Waals surface area contributed by atoms with Gasteiger partial charge in [-0.1, -0.05) is 274 Å². The zero-order chi connectivity index (χ0) is 63.9. The van der Waals surface area contributed by atoms with Gasteiger partial charge in [0, 0.05) is 25.7 Å². The normalized spacial score (nSPS) is 14.7. The Hall–Kier alpha value is -1.94. The highest BCUT2D eigenvalue weighted by Gasteiger charge is 2.30. The minimum atomic E-state index is -4.95. The summed E-state index contributed by atoms with van der Waals surface area (Å²) in [7, 11) is -9.89. The highest BCUT2D eigenvalue weighted by atomic mass is 31.2. The molecule has 0 radical (unpaired) electrons. The van der Waals surface area contributed by atoms with Gasteiger partial charge < -0.3 is 33.8 Å². The van der Waals surface area contributed by atoms with Gasteiger partial charge in [0.2, 0.25) is 0 Å². The Labute approximate surface area is 524 Å². The van der Waals surface area contributed by atoms with Crippen molar-refractivity contribution >= 4 is 39.5 Å². The lowest BCUT2D eigenvalue weighted by Crippen LogP contribution is -2.30. The van der Waals surface area contributed by atoms with Crippen LogP contribution in [0.25, 0.3) is 0 Å². The lowest BCUT2D eigenvalue weighted by molar-refractivity contribution is -0.161. The van der Waals surface area contributed by atoms with Crippen molar-refractivity contribution in [1.29, 1.82) is 0 Å². The maximum atomic E-state index is 13.0. The Kier molecular flexibility index (Phi) is 55.7. The van der Waals surface area contributed by atoms with E-state index >= 15 is 0 Å².